The summed E-state index contributed by atoms with van der Waals surface area (Å²) in [5.74, 6) is 0.609. The van der Waals surface area contributed by atoms with E-state index in [1.807, 2.05) is 54.5 Å². The van der Waals surface area contributed by atoms with Crippen LogP contribution in [0.2, 0.25) is 5.02 Å². The van der Waals surface area contributed by atoms with Crippen molar-refractivity contribution in [3.05, 3.63) is 123 Å². The Balaban J connectivity index is 0.930. The van der Waals surface area contributed by atoms with Gasteiger partial charge in [-0.2, -0.15) is 0 Å². The van der Waals surface area contributed by atoms with Crippen LogP contribution in [-0.2, 0) is 17.9 Å². The molecule has 54 heavy (non-hydrogen) atoms. The van der Waals surface area contributed by atoms with Crippen LogP contribution < -0.4 is 10.3 Å². The molecule has 2 atom stereocenters. The fraction of sp³-hybridized carbons (Fsp3) is 0.341. The molecule has 0 spiro atoms. The van der Waals surface area contributed by atoms with Gasteiger partial charge in [-0.05, 0) is 68.6 Å². The van der Waals surface area contributed by atoms with Crippen molar-refractivity contribution >= 4 is 39.9 Å². The minimum Gasteiger partial charge on any atom is -0.497 e. The average molecular weight is 764 g/mol. The van der Waals surface area contributed by atoms with Crippen molar-refractivity contribution in [3.8, 4) is 22.0 Å². The molecule has 0 saturated carbocycles. The Morgan fingerprint density at radius 1 is 1.02 bits per heavy atom. The zero-order valence-electron chi connectivity index (χ0n) is 30.3. The van der Waals surface area contributed by atoms with E-state index in [1.54, 1.807) is 47.4 Å². The number of pyridine rings is 1. The third-order valence-corrected chi connectivity index (χ3v) is 12.1. The predicted molar refractivity (Wildman–Crippen MR) is 210 cm³/mol. The number of carbonyl (C=O) groups excluding carboxylic acids is 1. The monoisotopic (exact) mass is 763 g/mol. The number of aromatic nitrogens is 5. The molecule has 1 N–H and O–H groups in total. The molecule has 0 aliphatic carbocycles. The van der Waals surface area contributed by atoms with Gasteiger partial charge in [-0.15, -0.1) is 11.3 Å². The second kappa shape index (κ2) is 15.1. The number of hydrogen-bond donors (Lipinski definition) is 1. The Morgan fingerprint density at radius 3 is 2.59 bits per heavy atom. The number of aryl methyl sites for hydroxylation is 1. The van der Waals surface area contributed by atoms with Crippen molar-refractivity contribution in [3.63, 3.8) is 0 Å². The maximum Gasteiger partial charge on any atom is 0.262 e. The summed E-state index contributed by atoms with van der Waals surface area (Å²) in [5.41, 5.74) is 2.99. The number of aliphatic hydroxyl groups is 1. The number of halogens is 1. The van der Waals surface area contributed by atoms with Crippen molar-refractivity contribution in [2.75, 3.05) is 33.3 Å². The minimum absolute atomic E-state index is 0.0404. The maximum atomic E-state index is 14.3. The molecule has 1 amide bonds. The highest BCUT2D eigenvalue weighted by Crippen LogP contribution is 2.37. The van der Waals surface area contributed by atoms with E-state index < -0.39 is 5.60 Å². The SMILES string of the molecule is COc1cc(Cl)cc(-n2ccc3c(=O)n(CC4(O)CCN(C(=O)[C@@H]5CCN(Cc6cnc(-c7ccc(C)nc7)s6)C[C@H]5c5ccccc5)CC4)cnc32)c1. The summed E-state index contributed by atoms with van der Waals surface area (Å²) >= 11 is 7.99. The molecular formula is C41H42ClN7O4S. The Kier molecular flexibility index (Phi) is 10.1. The minimum atomic E-state index is -1.15. The van der Waals surface area contributed by atoms with Crippen LogP contribution in [0.25, 0.3) is 27.3 Å². The van der Waals surface area contributed by atoms with Gasteiger partial charge in [0.05, 0.1) is 30.3 Å². The van der Waals surface area contributed by atoms with Crippen molar-refractivity contribution in [2.45, 2.75) is 50.8 Å². The second-order valence-electron chi connectivity index (χ2n) is 14.5. The van der Waals surface area contributed by atoms with Crippen LogP contribution in [-0.4, -0.2) is 83.8 Å². The van der Waals surface area contributed by atoms with Crippen LogP contribution in [0, 0.1) is 12.8 Å². The van der Waals surface area contributed by atoms with Gasteiger partial charge in [-0.25, -0.2) is 9.97 Å². The molecular weight excluding hydrogens is 722 g/mol. The van der Waals surface area contributed by atoms with Gasteiger partial charge in [0.2, 0.25) is 5.91 Å². The lowest BCUT2D eigenvalue weighted by molar-refractivity contribution is -0.142. The highest BCUT2D eigenvalue weighted by Gasteiger charge is 2.41. The maximum absolute atomic E-state index is 14.3. The van der Waals surface area contributed by atoms with Crippen LogP contribution >= 0.6 is 22.9 Å². The Hall–Kier alpha value is -4.88. The molecule has 8 rings (SSSR count). The number of benzene rings is 2. The van der Waals surface area contributed by atoms with E-state index >= 15 is 0 Å². The topological polar surface area (TPSA) is 119 Å². The molecule has 2 saturated heterocycles. The van der Waals surface area contributed by atoms with Gasteiger partial charge < -0.3 is 19.3 Å². The van der Waals surface area contributed by atoms with Crippen LogP contribution in [0.15, 0.2) is 96.4 Å². The van der Waals surface area contributed by atoms with E-state index in [1.165, 1.54) is 15.8 Å². The van der Waals surface area contributed by atoms with Crippen LogP contribution in [0.3, 0.4) is 0 Å². The summed E-state index contributed by atoms with van der Waals surface area (Å²) < 4.78 is 8.64. The molecule has 6 heterocycles. The Bertz CT molecular complexity index is 2330. The number of piperidine rings is 2. The number of fused-ring (bicyclic) bond motifs is 1. The first kappa shape index (κ1) is 36.1. The molecule has 11 nitrogen and oxygen atoms in total. The van der Waals surface area contributed by atoms with E-state index in [0.29, 0.717) is 47.7 Å². The fourth-order valence-electron chi connectivity index (χ4n) is 7.86. The van der Waals surface area contributed by atoms with Crippen molar-refractivity contribution in [1.82, 2.24) is 33.9 Å². The summed E-state index contributed by atoms with van der Waals surface area (Å²) in [6.45, 7) is 5.27. The van der Waals surface area contributed by atoms with Crippen molar-refractivity contribution in [2.24, 2.45) is 5.92 Å². The summed E-state index contributed by atoms with van der Waals surface area (Å²) in [6.07, 6.45) is 8.58. The highest BCUT2D eigenvalue weighted by molar-refractivity contribution is 7.15. The largest absolute Gasteiger partial charge is 0.497 e. The summed E-state index contributed by atoms with van der Waals surface area (Å²) in [5, 5.41) is 13.6. The smallest absolute Gasteiger partial charge is 0.262 e. The quantitative estimate of drug-likeness (QED) is 0.182. The van der Waals surface area contributed by atoms with Gasteiger partial charge in [-0.3, -0.25) is 24.0 Å². The van der Waals surface area contributed by atoms with Gasteiger partial charge in [-0.1, -0.05) is 41.9 Å². The predicted octanol–water partition coefficient (Wildman–Crippen LogP) is 6.34. The molecule has 0 bridgehead atoms. The molecule has 278 valence electrons. The average Bonchev–Trinajstić information content (AvgIpc) is 3.84. The molecule has 2 aliphatic rings. The number of hydrogen-bond acceptors (Lipinski definition) is 9. The lowest BCUT2D eigenvalue weighted by Gasteiger charge is -2.43. The molecule has 0 unspecified atom stereocenters. The van der Waals surface area contributed by atoms with E-state index in [9.17, 15) is 14.7 Å². The molecule has 2 aromatic carbocycles. The Labute approximate surface area is 322 Å². The lowest BCUT2D eigenvalue weighted by atomic mass is 9.79. The molecule has 4 aromatic heterocycles. The summed E-state index contributed by atoms with van der Waals surface area (Å²) in [7, 11) is 1.57. The normalized spacial score (nSPS) is 18.9. The molecule has 0 radical (unpaired) electrons. The zero-order valence-corrected chi connectivity index (χ0v) is 31.8. The van der Waals surface area contributed by atoms with Crippen molar-refractivity contribution < 1.29 is 14.6 Å². The third-order valence-electron chi connectivity index (χ3n) is 10.8. The molecule has 2 aliphatic heterocycles. The summed E-state index contributed by atoms with van der Waals surface area (Å²) in [4.78, 5) is 47.1. The number of thiazole rings is 1. The number of methoxy groups -OCH3 is 1. The number of rotatable bonds is 9. The van der Waals surface area contributed by atoms with E-state index in [0.717, 1.165) is 53.6 Å². The van der Waals surface area contributed by atoms with E-state index in [-0.39, 0.29) is 29.8 Å². The number of ether oxygens (including phenoxy) is 1. The first-order valence-corrected chi connectivity index (χ1v) is 19.4. The van der Waals surface area contributed by atoms with Gasteiger partial charge in [0.25, 0.3) is 5.56 Å². The van der Waals surface area contributed by atoms with Crippen molar-refractivity contribution in [1.29, 1.82) is 0 Å². The zero-order chi connectivity index (χ0) is 37.4. The first-order chi connectivity index (χ1) is 26.2. The number of carbonyl (C=O) groups is 1. The first-order valence-electron chi connectivity index (χ1n) is 18.2. The Morgan fingerprint density at radius 2 is 1.83 bits per heavy atom. The molecule has 2 fully saturated rings. The van der Waals surface area contributed by atoms with Gasteiger partial charge in [0.1, 0.15) is 17.1 Å². The van der Waals surface area contributed by atoms with E-state index in [2.05, 4.69) is 38.1 Å². The third kappa shape index (κ3) is 7.43. The standard InChI is InChI=1S/C41H42ClN7O4S/c1-27-8-9-29(21-43-27)38-44-22-33(54-38)23-46-14-10-34(36(24-46)28-6-4-3-5-7-28)39(50)47-16-12-41(52,13-17-47)25-48-26-45-37-35(40(48)51)11-15-49(37)31-18-30(42)19-32(20-31)53-2/h3-9,11,15,18-22,26,34,36,52H,10,12-14,16-17,23-25H2,1-2H3/t34-,36+/m1/s1. The fourth-order valence-corrected chi connectivity index (χ4v) is 9.02. The van der Waals surface area contributed by atoms with Gasteiger partial charge in [0.15, 0.2) is 5.65 Å². The van der Waals surface area contributed by atoms with E-state index in [4.69, 9.17) is 16.3 Å². The van der Waals surface area contributed by atoms with Crippen LogP contribution in [0.4, 0.5) is 0 Å². The second-order valence-corrected chi connectivity index (χ2v) is 16.0. The van der Waals surface area contributed by atoms with Crippen LogP contribution in [0.1, 0.15) is 41.3 Å². The van der Waals surface area contributed by atoms with Gasteiger partial charge in [0, 0.05) is 83.8 Å². The molecule has 6 aromatic rings. The summed E-state index contributed by atoms with van der Waals surface area (Å²) in [6, 6.07) is 21.5. The highest BCUT2D eigenvalue weighted by atomic mass is 35.5. The van der Waals surface area contributed by atoms with Crippen LogP contribution in [0.5, 0.6) is 5.75 Å². The number of nitrogens with zero attached hydrogens (tertiary/aromatic N) is 7. The lowest BCUT2D eigenvalue weighted by Crippen LogP contribution is -2.53. The molecule has 13 heteroatoms. The number of likely N-dealkylation sites (tertiary alicyclic amines) is 2. The number of amides is 1. The van der Waals surface area contributed by atoms with Gasteiger partial charge >= 0.3 is 0 Å².